The fourth-order valence-corrected chi connectivity index (χ4v) is 7.27. The number of ether oxygens (including phenoxy) is 1. The van der Waals surface area contributed by atoms with Crippen molar-refractivity contribution in [3.8, 4) is 0 Å². The highest BCUT2D eigenvalue weighted by Crippen LogP contribution is 2.65. The quantitative estimate of drug-likeness (QED) is 0.205. The minimum absolute atomic E-state index is 0.0483. The number of hydrogen-bond donors (Lipinski definition) is 0. The number of nitrogens with zero attached hydrogens (tertiary/aromatic N) is 1. The topological polar surface area (TPSA) is 65.0 Å². The smallest absolute Gasteiger partial charge is 0.331 e. The Hall–Kier alpha value is -1.91. The van der Waals surface area contributed by atoms with Gasteiger partial charge in [-0.25, -0.2) is 4.79 Å². The minimum Gasteiger partial charge on any atom is -0.462 e. The zero-order valence-electron chi connectivity index (χ0n) is 19.0. The van der Waals surface area contributed by atoms with Gasteiger partial charge in [0.25, 0.3) is 0 Å². The van der Waals surface area contributed by atoms with Crippen molar-refractivity contribution in [3.05, 3.63) is 23.3 Å². The number of rotatable bonds is 3. The third kappa shape index (κ3) is 3.44. The van der Waals surface area contributed by atoms with Gasteiger partial charge in [0, 0.05) is 20.3 Å². The largest absolute Gasteiger partial charge is 0.462 e. The summed E-state index contributed by atoms with van der Waals surface area (Å²) in [5.74, 6) is 1.42. The molecule has 4 aliphatic rings. The van der Waals surface area contributed by atoms with Crippen molar-refractivity contribution < 1.29 is 19.2 Å². The van der Waals surface area contributed by atoms with Crippen LogP contribution in [-0.2, 0) is 19.2 Å². The van der Waals surface area contributed by atoms with Crippen LogP contribution in [0.1, 0.15) is 79.6 Å². The number of carbonyl (C=O) groups excluding carboxylic acids is 2. The molecule has 30 heavy (non-hydrogen) atoms. The van der Waals surface area contributed by atoms with Gasteiger partial charge in [-0.15, -0.1) is 0 Å². The highest BCUT2D eigenvalue weighted by atomic mass is 16.7. The van der Waals surface area contributed by atoms with E-state index in [1.807, 2.05) is 6.92 Å². The number of fused-ring (bicyclic) bond motifs is 5. The van der Waals surface area contributed by atoms with E-state index in [1.54, 1.807) is 0 Å². The van der Waals surface area contributed by atoms with Crippen molar-refractivity contribution in [2.45, 2.75) is 85.7 Å². The first-order valence-electron chi connectivity index (χ1n) is 11.4. The maximum absolute atomic E-state index is 11.4. The summed E-state index contributed by atoms with van der Waals surface area (Å²) in [4.78, 5) is 27.5. The molecular formula is C25H35NO4. The zero-order valence-corrected chi connectivity index (χ0v) is 19.0. The molecule has 5 heteroatoms. The van der Waals surface area contributed by atoms with E-state index in [-0.39, 0.29) is 28.9 Å². The second kappa shape index (κ2) is 7.65. The summed E-state index contributed by atoms with van der Waals surface area (Å²) in [6.07, 6.45) is 12.4. The van der Waals surface area contributed by atoms with Crippen LogP contribution < -0.4 is 0 Å². The predicted octanol–water partition coefficient (Wildman–Crippen LogP) is 5.36. The van der Waals surface area contributed by atoms with Crippen LogP contribution in [0.4, 0.5) is 0 Å². The Morgan fingerprint density at radius 2 is 1.70 bits per heavy atom. The van der Waals surface area contributed by atoms with Crippen LogP contribution in [0, 0.1) is 28.6 Å². The maximum atomic E-state index is 11.4. The Morgan fingerprint density at radius 1 is 0.967 bits per heavy atom. The third-order valence-corrected chi connectivity index (χ3v) is 8.67. The van der Waals surface area contributed by atoms with Gasteiger partial charge in [-0.1, -0.05) is 36.7 Å². The van der Waals surface area contributed by atoms with Crippen LogP contribution in [0.15, 0.2) is 28.5 Å². The summed E-state index contributed by atoms with van der Waals surface area (Å²) in [6, 6.07) is 0. The van der Waals surface area contributed by atoms with Crippen LogP contribution in [0.5, 0.6) is 0 Å². The lowest BCUT2D eigenvalue weighted by Crippen LogP contribution is -2.50. The van der Waals surface area contributed by atoms with Gasteiger partial charge < -0.3 is 9.57 Å². The van der Waals surface area contributed by atoms with E-state index in [2.05, 4.69) is 31.2 Å². The van der Waals surface area contributed by atoms with Gasteiger partial charge in [0.05, 0.1) is 5.71 Å². The Labute approximate surface area is 179 Å². The molecule has 2 fully saturated rings. The Kier molecular flexibility index (Phi) is 5.44. The van der Waals surface area contributed by atoms with Gasteiger partial charge in [-0.2, -0.15) is 0 Å². The molecule has 5 nitrogen and oxygen atoms in total. The molecule has 0 radical (unpaired) electrons. The Bertz CT molecular complexity index is 840. The van der Waals surface area contributed by atoms with Crippen molar-refractivity contribution in [2.75, 3.05) is 0 Å². The molecule has 0 amide bonds. The summed E-state index contributed by atoms with van der Waals surface area (Å²) >= 11 is 0. The van der Waals surface area contributed by atoms with Gasteiger partial charge in [0.1, 0.15) is 6.10 Å². The minimum atomic E-state index is -0.374. The molecule has 0 unspecified atom stereocenters. The molecule has 0 saturated heterocycles. The Morgan fingerprint density at radius 3 is 2.40 bits per heavy atom. The monoisotopic (exact) mass is 413 g/mol. The van der Waals surface area contributed by atoms with Crippen molar-refractivity contribution in [3.63, 3.8) is 0 Å². The predicted molar refractivity (Wildman–Crippen MR) is 116 cm³/mol. The second-order valence-corrected chi connectivity index (χ2v) is 10.3. The molecule has 0 heterocycles. The normalized spacial score (nSPS) is 40.4. The Balaban J connectivity index is 1.55. The first kappa shape index (κ1) is 21.3. The molecule has 4 aliphatic carbocycles. The molecule has 0 N–H and O–H groups in total. The van der Waals surface area contributed by atoms with E-state index in [0.717, 1.165) is 44.2 Å². The van der Waals surface area contributed by atoms with E-state index in [0.29, 0.717) is 17.8 Å². The number of oxime groups is 1. The van der Waals surface area contributed by atoms with Crippen LogP contribution in [-0.4, -0.2) is 23.8 Å². The molecule has 0 aromatic carbocycles. The van der Waals surface area contributed by atoms with Crippen LogP contribution in [0.2, 0.25) is 0 Å². The lowest BCUT2D eigenvalue weighted by Gasteiger charge is -2.57. The van der Waals surface area contributed by atoms with Crippen molar-refractivity contribution >= 4 is 17.7 Å². The summed E-state index contributed by atoms with van der Waals surface area (Å²) in [7, 11) is 0. The summed E-state index contributed by atoms with van der Waals surface area (Å²) in [6.45, 7) is 9.71. The number of esters is 1. The van der Waals surface area contributed by atoms with Gasteiger partial charge in [0.15, 0.2) is 0 Å². The fourth-order valence-electron chi connectivity index (χ4n) is 7.27. The molecule has 164 valence electrons. The lowest BCUT2D eigenvalue weighted by molar-refractivity contribution is -0.148. The third-order valence-electron chi connectivity index (χ3n) is 8.67. The molecule has 2 saturated carbocycles. The highest BCUT2D eigenvalue weighted by molar-refractivity contribution is 5.99. The molecule has 0 spiro atoms. The van der Waals surface area contributed by atoms with Gasteiger partial charge in [-0.3, -0.25) is 4.79 Å². The maximum Gasteiger partial charge on any atom is 0.331 e. The molecule has 4 rings (SSSR count). The molecule has 0 aliphatic heterocycles. The SMILES string of the molecule is CC(=O)O/N=C(/C)C1=CC[C@@H]2[C@H]3CC=C4C[C@H](OC(C)=O)CC[C@]4(C)[C@@H]3CC[C@]12C. The lowest BCUT2D eigenvalue weighted by atomic mass is 9.47. The molecule has 6 atom stereocenters. The van der Waals surface area contributed by atoms with Crippen LogP contribution in [0.3, 0.4) is 0 Å². The van der Waals surface area contributed by atoms with Gasteiger partial charge in [0.2, 0.25) is 0 Å². The first-order chi connectivity index (χ1) is 14.1. The molecular weight excluding hydrogens is 378 g/mol. The van der Waals surface area contributed by atoms with Gasteiger partial charge >= 0.3 is 11.9 Å². The van der Waals surface area contributed by atoms with E-state index >= 15 is 0 Å². The molecule has 0 aromatic rings. The van der Waals surface area contributed by atoms with Crippen molar-refractivity contribution in [1.82, 2.24) is 0 Å². The van der Waals surface area contributed by atoms with E-state index in [9.17, 15) is 9.59 Å². The van der Waals surface area contributed by atoms with Crippen LogP contribution in [0.25, 0.3) is 0 Å². The molecule has 0 bridgehead atoms. The number of hydrogen-bond acceptors (Lipinski definition) is 5. The first-order valence-corrected chi connectivity index (χ1v) is 11.4. The summed E-state index contributed by atoms with van der Waals surface area (Å²) in [5.41, 5.74) is 3.96. The summed E-state index contributed by atoms with van der Waals surface area (Å²) in [5, 5.41) is 4.10. The van der Waals surface area contributed by atoms with E-state index < -0.39 is 0 Å². The fraction of sp³-hybridized carbons (Fsp3) is 0.720. The average molecular weight is 414 g/mol. The number of allylic oxidation sites excluding steroid dienone is 3. The van der Waals surface area contributed by atoms with Crippen molar-refractivity contribution in [1.29, 1.82) is 0 Å². The van der Waals surface area contributed by atoms with E-state index in [4.69, 9.17) is 9.57 Å². The average Bonchev–Trinajstić information content (AvgIpc) is 3.03. The number of carbonyl (C=O) groups is 2. The second-order valence-electron chi connectivity index (χ2n) is 10.3. The standard InChI is InChI=1S/C25H35NO4/c1-15(26-30-17(3)28)21-8-9-22-20-7-6-18-14-19(29-16(2)27)10-12-24(18,4)23(20)11-13-25(21,22)5/h6,8,19-20,22-23H,7,9-14H2,1-5H3/b26-15-/t19-,20-,22-,23-,24+,25-/m1/s1. The van der Waals surface area contributed by atoms with Gasteiger partial charge in [-0.05, 0) is 79.6 Å². The van der Waals surface area contributed by atoms with E-state index in [1.165, 1.54) is 31.4 Å². The zero-order chi connectivity index (χ0) is 21.7. The van der Waals surface area contributed by atoms with Crippen LogP contribution >= 0.6 is 0 Å². The summed E-state index contributed by atoms with van der Waals surface area (Å²) < 4.78 is 5.55. The molecule has 0 aromatic heterocycles. The highest BCUT2D eigenvalue weighted by Gasteiger charge is 2.57. The van der Waals surface area contributed by atoms with Crippen molar-refractivity contribution in [2.24, 2.45) is 33.7 Å².